The molecule has 27 heavy (non-hydrogen) atoms. The van der Waals surface area contributed by atoms with E-state index in [1.807, 2.05) is 4.90 Å². The summed E-state index contributed by atoms with van der Waals surface area (Å²) in [4.78, 5) is 25.9. The zero-order chi connectivity index (χ0) is 18.6. The highest BCUT2D eigenvalue weighted by atomic mass is 19.3. The summed E-state index contributed by atoms with van der Waals surface area (Å²) in [6.45, 7) is 3.34. The van der Waals surface area contributed by atoms with Crippen LogP contribution in [0.1, 0.15) is 50.1 Å². The van der Waals surface area contributed by atoms with Crippen molar-refractivity contribution in [2.24, 2.45) is 17.8 Å². The number of carbonyl (C=O) groups excluding carboxylic acids is 1. The Labute approximate surface area is 158 Å². The van der Waals surface area contributed by atoms with Gasteiger partial charge in [-0.15, -0.1) is 0 Å². The molecule has 146 valence electrons. The van der Waals surface area contributed by atoms with Crippen LogP contribution in [0, 0.1) is 17.8 Å². The third-order valence-corrected chi connectivity index (χ3v) is 6.86. The van der Waals surface area contributed by atoms with Crippen LogP contribution < -0.4 is 4.90 Å². The fourth-order valence-corrected chi connectivity index (χ4v) is 5.04. The molecule has 2 unspecified atom stereocenters. The van der Waals surface area contributed by atoms with Gasteiger partial charge in [-0.3, -0.25) is 4.79 Å². The molecule has 1 aromatic heterocycles. The highest BCUT2D eigenvalue weighted by molar-refractivity contribution is 5.79. The van der Waals surface area contributed by atoms with E-state index in [9.17, 15) is 13.6 Å². The molecule has 0 bridgehead atoms. The van der Waals surface area contributed by atoms with Gasteiger partial charge in [0.15, 0.2) is 0 Å². The number of amides is 1. The Morgan fingerprint density at radius 1 is 1.00 bits per heavy atom. The third-order valence-electron chi connectivity index (χ3n) is 6.86. The highest BCUT2D eigenvalue weighted by Crippen LogP contribution is 2.41. The van der Waals surface area contributed by atoms with E-state index in [1.165, 1.54) is 12.8 Å². The summed E-state index contributed by atoms with van der Waals surface area (Å²) in [5.41, 5.74) is 1.16. The first kappa shape index (κ1) is 17.3. The Hall–Kier alpha value is -1.79. The minimum Gasteiger partial charge on any atom is -0.356 e. The monoisotopic (exact) mass is 376 g/mol. The molecule has 2 atom stereocenters. The minimum absolute atomic E-state index is 0.101. The lowest BCUT2D eigenvalue weighted by Gasteiger charge is -2.31. The second-order valence-electron chi connectivity index (χ2n) is 8.87. The smallest absolute Gasteiger partial charge is 0.248 e. The maximum absolute atomic E-state index is 13.4. The van der Waals surface area contributed by atoms with Crippen molar-refractivity contribution in [3.8, 4) is 0 Å². The molecule has 1 aromatic rings. The van der Waals surface area contributed by atoms with Crippen LogP contribution in [0.2, 0.25) is 0 Å². The summed E-state index contributed by atoms with van der Waals surface area (Å²) in [6.07, 6.45) is 4.50. The number of likely N-dealkylation sites (tertiary alicyclic amines) is 1. The zero-order valence-electron chi connectivity index (χ0n) is 15.5. The van der Waals surface area contributed by atoms with E-state index in [0.29, 0.717) is 30.6 Å². The summed E-state index contributed by atoms with van der Waals surface area (Å²) < 4.78 is 26.7. The first-order valence-electron chi connectivity index (χ1n) is 10.2. The van der Waals surface area contributed by atoms with E-state index in [2.05, 4.69) is 20.9 Å². The fourth-order valence-electron chi connectivity index (χ4n) is 5.04. The molecule has 0 N–H and O–H groups in total. The number of hydrogen-bond donors (Lipinski definition) is 0. The number of aromatic nitrogens is 2. The van der Waals surface area contributed by atoms with Crippen LogP contribution in [0.4, 0.5) is 14.6 Å². The van der Waals surface area contributed by atoms with Crippen LogP contribution in [0.25, 0.3) is 0 Å². The van der Waals surface area contributed by atoms with Crippen LogP contribution >= 0.6 is 0 Å². The summed E-state index contributed by atoms with van der Waals surface area (Å²) in [5, 5.41) is 0. The lowest BCUT2D eigenvalue weighted by molar-refractivity contribution is -0.138. The minimum atomic E-state index is -2.57. The molecule has 2 saturated carbocycles. The Morgan fingerprint density at radius 2 is 1.67 bits per heavy atom. The Balaban J connectivity index is 1.19. The lowest BCUT2D eigenvalue weighted by Crippen LogP contribution is -2.40. The number of rotatable bonds is 3. The van der Waals surface area contributed by atoms with Crippen molar-refractivity contribution < 1.29 is 13.6 Å². The van der Waals surface area contributed by atoms with E-state index >= 15 is 0 Å². The number of carbonyl (C=O) groups is 1. The van der Waals surface area contributed by atoms with Gasteiger partial charge in [0.2, 0.25) is 11.8 Å². The number of halogens is 2. The van der Waals surface area contributed by atoms with Gasteiger partial charge in [-0.05, 0) is 25.7 Å². The molecule has 0 aromatic carbocycles. The number of anilines is 1. The molecule has 4 fully saturated rings. The van der Waals surface area contributed by atoms with Gasteiger partial charge in [0.25, 0.3) is 0 Å². The normalized spacial score (nSPS) is 30.6. The number of fused-ring (bicyclic) bond motifs is 1. The number of hydrogen-bond acceptors (Lipinski definition) is 4. The van der Waals surface area contributed by atoms with Crippen molar-refractivity contribution in [3.05, 3.63) is 18.1 Å². The van der Waals surface area contributed by atoms with E-state index < -0.39 is 5.92 Å². The molecular weight excluding hydrogens is 350 g/mol. The maximum Gasteiger partial charge on any atom is 0.248 e. The van der Waals surface area contributed by atoms with Gasteiger partial charge < -0.3 is 9.80 Å². The van der Waals surface area contributed by atoms with Crippen LogP contribution in [0.3, 0.4) is 0 Å². The van der Waals surface area contributed by atoms with Gasteiger partial charge in [0, 0.05) is 74.5 Å². The van der Waals surface area contributed by atoms with E-state index in [0.717, 1.165) is 37.7 Å². The maximum atomic E-state index is 13.4. The third kappa shape index (κ3) is 3.41. The van der Waals surface area contributed by atoms with Gasteiger partial charge in [0.05, 0.1) is 0 Å². The summed E-state index contributed by atoms with van der Waals surface area (Å²) in [6, 6.07) is 2.13. The van der Waals surface area contributed by atoms with E-state index in [1.54, 1.807) is 6.33 Å². The number of nitrogens with zero attached hydrogens (tertiary/aromatic N) is 4. The molecule has 2 saturated heterocycles. The molecular formula is C20H26F2N4O. The molecule has 2 aliphatic heterocycles. The van der Waals surface area contributed by atoms with Gasteiger partial charge in [-0.1, -0.05) is 0 Å². The Kier molecular flexibility index (Phi) is 4.09. The largest absolute Gasteiger partial charge is 0.356 e. The molecule has 0 spiro atoms. The second-order valence-corrected chi connectivity index (χ2v) is 8.87. The average molecular weight is 376 g/mol. The summed E-state index contributed by atoms with van der Waals surface area (Å²) >= 11 is 0. The van der Waals surface area contributed by atoms with Crippen molar-refractivity contribution in [1.29, 1.82) is 0 Å². The van der Waals surface area contributed by atoms with Crippen molar-refractivity contribution in [2.45, 2.75) is 50.4 Å². The molecule has 2 aliphatic carbocycles. The van der Waals surface area contributed by atoms with Crippen molar-refractivity contribution in [2.75, 3.05) is 31.1 Å². The predicted molar refractivity (Wildman–Crippen MR) is 96.7 cm³/mol. The highest BCUT2D eigenvalue weighted by Gasteiger charge is 2.45. The molecule has 5 rings (SSSR count). The zero-order valence-corrected chi connectivity index (χ0v) is 15.5. The fraction of sp³-hybridized carbons (Fsp3) is 0.750. The van der Waals surface area contributed by atoms with Crippen molar-refractivity contribution in [1.82, 2.24) is 14.9 Å². The molecule has 7 heteroatoms. The van der Waals surface area contributed by atoms with Crippen LogP contribution in [0.15, 0.2) is 12.4 Å². The molecule has 3 heterocycles. The van der Waals surface area contributed by atoms with Gasteiger partial charge in [0.1, 0.15) is 12.1 Å². The molecule has 4 aliphatic rings. The first-order chi connectivity index (χ1) is 13.0. The summed E-state index contributed by atoms with van der Waals surface area (Å²) in [7, 11) is 0. The molecule has 5 nitrogen and oxygen atoms in total. The lowest BCUT2D eigenvalue weighted by atomic mass is 9.86. The van der Waals surface area contributed by atoms with E-state index in [4.69, 9.17) is 0 Å². The van der Waals surface area contributed by atoms with Gasteiger partial charge in [-0.25, -0.2) is 18.7 Å². The van der Waals surface area contributed by atoms with Gasteiger partial charge >= 0.3 is 0 Å². The SMILES string of the molecule is O=C(C1CCC(F)(F)CC1)N1CC2CN(c3cc(C4CC4)ncn3)CC2C1. The first-order valence-corrected chi connectivity index (χ1v) is 10.2. The standard InChI is InChI=1S/C20H26F2N4O/c21-20(22)5-3-14(4-6-20)19(27)26-10-15-8-25(9-16(15)11-26)18-7-17(13-1-2-13)23-12-24-18/h7,12-16H,1-6,8-11H2. The van der Waals surface area contributed by atoms with Crippen LogP contribution in [-0.4, -0.2) is 52.9 Å². The van der Waals surface area contributed by atoms with E-state index in [-0.39, 0.29) is 24.7 Å². The average Bonchev–Trinajstić information content (AvgIpc) is 3.31. The molecule has 1 amide bonds. The number of alkyl halides is 2. The molecule has 0 radical (unpaired) electrons. The van der Waals surface area contributed by atoms with Crippen molar-refractivity contribution >= 4 is 11.7 Å². The predicted octanol–water partition coefficient (Wildman–Crippen LogP) is 3.07. The van der Waals surface area contributed by atoms with Crippen LogP contribution in [-0.2, 0) is 4.79 Å². The Bertz CT molecular complexity index is 714. The quantitative estimate of drug-likeness (QED) is 0.814. The second kappa shape index (κ2) is 6.38. The van der Waals surface area contributed by atoms with Gasteiger partial charge in [-0.2, -0.15) is 0 Å². The Morgan fingerprint density at radius 3 is 2.30 bits per heavy atom. The van der Waals surface area contributed by atoms with Crippen molar-refractivity contribution in [3.63, 3.8) is 0 Å². The van der Waals surface area contributed by atoms with Crippen LogP contribution in [0.5, 0.6) is 0 Å². The topological polar surface area (TPSA) is 49.3 Å². The summed E-state index contributed by atoms with van der Waals surface area (Å²) in [5.74, 6) is -0.141.